The highest BCUT2D eigenvalue weighted by atomic mass is 16.5. The van der Waals surface area contributed by atoms with Crippen LogP contribution in [0.2, 0.25) is 0 Å². The first-order valence-corrected chi connectivity index (χ1v) is 7.83. The van der Waals surface area contributed by atoms with Gasteiger partial charge in [-0.15, -0.1) is 0 Å². The van der Waals surface area contributed by atoms with E-state index < -0.39 is 11.9 Å². The molecule has 0 fully saturated rings. The summed E-state index contributed by atoms with van der Waals surface area (Å²) in [6.45, 7) is 3.25. The normalized spacial score (nSPS) is 11.3. The lowest BCUT2D eigenvalue weighted by molar-refractivity contribution is -0.147. The molecule has 7 nitrogen and oxygen atoms in total. The number of nitrogens with one attached hydrogen (secondary N) is 2. The minimum atomic E-state index is -0.671. The summed E-state index contributed by atoms with van der Waals surface area (Å²) in [5.41, 5.74) is 0.398. The molecule has 1 aromatic rings. The molecule has 2 amide bonds. The average Bonchev–Trinajstić information content (AvgIpc) is 2.58. The van der Waals surface area contributed by atoms with Crippen LogP contribution >= 0.6 is 0 Å². The van der Waals surface area contributed by atoms with E-state index in [4.69, 9.17) is 9.47 Å². The SMILES string of the molecule is CCC[C@@H](C)NC(=O)COC(=O)CNC(=O)c1ccc(OC)cc1. The molecule has 0 bridgehead atoms. The van der Waals surface area contributed by atoms with Gasteiger partial charge in [-0.25, -0.2) is 0 Å². The van der Waals surface area contributed by atoms with Crippen molar-refractivity contribution in [3.05, 3.63) is 29.8 Å². The molecule has 0 aliphatic carbocycles. The standard InChI is InChI=1S/C17H24N2O5/c1-4-5-12(2)19-15(20)11-24-16(21)10-18-17(22)13-6-8-14(23-3)9-7-13/h6-9,12H,4-5,10-11H2,1-3H3,(H,18,22)(H,19,20)/t12-/m1/s1. The topological polar surface area (TPSA) is 93.7 Å². The van der Waals surface area contributed by atoms with Gasteiger partial charge in [0.15, 0.2) is 6.61 Å². The molecular formula is C17H24N2O5. The smallest absolute Gasteiger partial charge is 0.325 e. The Labute approximate surface area is 141 Å². The minimum absolute atomic E-state index is 0.0379. The molecule has 24 heavy (non-hydrogen) atoms. The number of rotatable bonds is 9. The first-order chi connectivity index (χ1) is 11.5. The lowest BCUT2D eigenvalue weighted by Crippen LogP contribution is -2.37. The van der Waals surface area contributed by atoms with Gasteiger partial charge in [0, 0.05) is 11.6 Å². The molecule has 1 aromatic carbocycles. The number of ether oxygens (including phenoxy) is 2. The number of benzene rings is 1. The number of carbonyl (C=O) groups excluding carboxylic acids is 3. The molecule has 1 atom stereocenters. The van der Waals surface area contributed by atoms with E-state index in [9.17, 15) is 14.4 Å². The summed E-state index contributed by atoms with van der Waals surface area (Å²) in [7, 11) is 1.53. The number of amides is 2. The van der Waals surface area contributed by atoms with Crippen LogP contribution in [0.5, 0.6) is 5.75 Å². The fourth-order valence-electron chi connectivity index (χ4n) is 2.02. The van der Waals surface area contributed by atoms with Gasteiger partial charge < -0.3 is 20.1 Å². The van der Waals surface area contributed by atoms with Gasteiger partial charge in [0.05, 0.1) is 7.11 Å². The molecule has 7 heteroatoms. The molecule has 0 saturated heterocycles. The van der Waals surface area contributed by atoms with Crippen LogP contribution in [0.1, 0.15) is 37.0 Å². The van der Waals surface area contributed by atoms with Gasteiger partial charge in [-0.05, 0) is 37.6 Å². The number of methoxy groups -OCH3 is 1. The van der Waals surface area contributed by atoms with Gasteiger partial charge in [0.25, 0.3) is 11.8 Å². The van der Waals surface area contributed by atoms with E-state index in [0.717, 1.165) is 12.8 Å². The highest BCUT2D eigenvalue weighted by molar-refractivity contribution is 5.96. The molecule has 0 aromatic heterocycles. The monoisotopic (exact) mass is 336 g/mol. The second kappa shape index (κ2) is 10.3. The number of hydrogen-bond acceptors (Lipinski definition) is 5. The Morgan fingerprint density at radius 1 is 1.17 bits per heavy atom. The van der Waals surface area contributed by atoms with Crippen molar-refractivity contribution in [2.75, 3.05) is 20.3 Å². The molecule has 0 aliphatic heterocycles. The largest absolute Gasteiger partial charge is 0.497 e. The summed E-state index contributed by atoms with van der Waals surface area (Å²) in [6.07, 6.45) is 1.82. The van der Waals surface area contributed by atoms with Crippen molar-refractivity contribution < 1.29 is 23.9 Å². The molecule has 0 spiro atoms. The first-order valence-electron chi connectivity index (χ1n) is 7.83. The Hall–Kier alpha value is -2.57. The molecule has 0 unspecified atom stereocenters. The molecule has 0 saturated carbocycles. The Morgan fingerprint density at radius 3 is 2.42 bits per heavy atom. The predicted octanol–water partition coefficient (Wildman–Crippen LogP) is 1.27. The minimum Gasteiger partial charge on any atom is -0.497 e. The quantitative estimate of drug-likeness (QED) is 0.663. The van der Waals surface area contributed by atoms with Crippen LogP contribution in [0.4, 0.5) is 0 Å². The third-order valence-electron chi connectivity index (χ3n) is 3.24. The van der Waals surface area contributed by atoms with Crippen LogP contribution in [0, 0.1) is 0 Å². The van der Waals surface area contributed by atoms with Gasteiger partial charge >= 0.3 is 5.97 Å². The summed E-state index contributed by atoms with van der Waals surface area (Å²) < 4.78 is 9.82. The van der Waals surface area contributed by atoms with E-state index in [1.807, 2.05) is 13.8 Å². The summed E-state index contributed by atoms with van der Waals surface area (Å²) in [4.78, 5) is 35.0. The van der Waals surface area contributed by atoms with E-state index in [2.05, 4.69) is 10.6 Å². The van der Waals surface area contributed by atoms with E-state index in [0.29, 0.717) is 11.3 Å². The van der Waals surface area contributed by atoms with Crippen molar-refractivity contribution in [3.63, 3.8) is 0 Å². The molecule has 2 N–H and O–H groups in total. The lowest BCUT2D eigenvalue weighted by Gasteiger charge is -2.12. The Morgan fingerprint density at radius 2 is 1.83 bits per heavy atom. The van der Waals surface area contributed by atoms with Crippen LogP contribution in [-0.4, -0.2) is 44.1 Å². The van der Waals surface area contributed by atoms with Gasteiger partial charge in [0.2, 0.25) is 0 Å². The van der Waals surface area contributed by atoms with E-state index in [1.165, 1.54) is 7.11 Å². The first kappa shape index (κ1) is 19.5. The highest BCUT2D eigenvalue weighted by Crippen LogP contribution is 2.10. The van der Waals surface area contributed by atoms with Crippen LogP contribution < -0.4 is 15.4 Å². The number of carbonyl (C=O) groups is 3. The maximum Gasteiger partial charge on any atom is 0.325 e. The average molecular weight is 336 g/mol. The molecule has 1 rings (SSSR count). The lowest BCUT2D eigenvalue weighted by atomic mass is 10.2. The summed E-state index contributed by atoms with van der Waals surface area (Å²) >= 11 is 0. The van der Waals surface area contributed by atoms with Crippen LogP contribution in [0.15, 0.2) is 24.3 Å². The zero-order valence-electron chi connectivity index (χ0n) is 14.3. The van der Waals surface area contributed by atoms with Gasteiger partial charge in [-0.3, -0.25) is 14.4 Å². The van der Waals surface area contributed by atoms with Crippen molar-refractivity contribution in [2.24, 2.45) is 0 Å². The summed E-state index contributed by atoms with van der Waals surface area (Å²) in [6, 6.07) is 6.50. The Balaban J connectivity index is 2.29. The van der Waals surface area contributed by atoms with Crippen molar-refractivity contribution in [3.8, 4) is 5.75 Å². The van der Waals surface area contributed by atoms with Crippen molar-refractivity contribution in [1.29, 1.82) is 0 Å². The van der Waals surface area contributed by atoms with Crippen molar-refractivity contribution >= 4 is 17.8 Å². The van der Waals surface area contributed by atoms with E-state index in [1.54, 1.807) is 24.3 Å². The number of esters is 1. The summed E-state index contributed by atoms with van der Waals surface area (Å²) in [5.74, 6) is -0.800. The summed E-state index contributed by atoms with van der Waals surface area (Å²) in [5, 5.41) is 5.16. The number of hydrogen-bond donors (Lipinski definition) is 2. The van der Waals surface area contributed by atoms with Crippen LogP contribution in [0.25, 0.3) is 0 Å². The second-order valence-electron chi connectivity index (χ2n) is 5.33. The molecule has 0 radical (unpaired) electrons. The van der Waals surface area contributed by atoms with Gasteiger partial charge in [-0.1, -0.05) is 13.3 Å². The van der Waals surface area contributed by atoms with Gasteiger partial charge in [-0.2, -0.15) is 0 Å². The fraction of sp³-hybridized carbons (Fsp3) is 0.471. The van der Waals surface area contributed by atoms with E-state index in [-0.39, 0.29) is 25.1 Å². The molecule has 0 aliphatic rings. The molecular weight excluding hydrogens is 312 g/mol. The van der Waals surface area contributed by atoms with Crippen molar-refractivity contribution in [2.45, 2.75) is 32.7 Å². The zero-order chi connectivity index (χ0) is 17.9. The fourth-order valence-corrected chi connectivity index (χ4v) is 2.02. The highest BCUT2D eigenvalue weighted by Gasteiger charge is 2.12. The predicted molar refractivity (Wildman–Crippen MR) is 88.8 cm³/mol. The van der Waals surface area contributed by atoms with Crippen LogP contribution in [-0.2, 0) is 14.3 Å². The maximum absolute atomic E-state index is 11.9. The second-order valence-corrected chi connectivity index (χ2v) is 5.33. The maximum atomic E-state index is 11.9. The Kier molecular flexibility index (Phi) is 8.32. The van der Waals surface area contributed by atoms with Crippen molar-refractivity contribution in [1.82, 2.24) is 10.6 Å². The molecule has 0 heterocycles. The third-order valence-corrected chi connectivity index (χ3v) is 3.24. The zero-order valence-corrected chi connectivity index (χ0v) is 14.3. The van der Waals surface area contributed by atoms with E-state index >= 15 is 0 Å². The van der Waals surface area contributed by atoms with Gasteiger partial charge in [0.1, 0.15) is 12.3 Å². The third kappa shape index (κ3) is 7.13. The Bertz CT molecular complexity index is 557. The molecule has 132 valence electrons. The van der Waals surface area contributed by atoms with Crippen LogP contribution in [0.3, 0.4) is 0 Å².